The maximum absolute atomic E-state index is 13.0. The average molecular weight is 261 g/mol. The number of phenols is 2. The van der Waals surface area contributed by atoms with E-state index in [-0.39, 0.29) is 23.6 Å². The van der Waals surface area contributed by atoms with E-state index in [1.807, 2.05) is 0 Å². The molecule has 0 heterocycles. The highest BCUT2D eigenvalue weighted by Crippen LogP contribution is 2.25. The van der Waals surface area contributed by atoms with Gasteiger partial charge in [-0.15, -0.1) is 0 Å². The predicted molar refractivity (Wildman–Crippen MR) is 67.3 cm³/mol. The molecule has 98 valence electrons. The molecule has 0 atom stereocenters. The van der Waals surface area contributed by atoms with E-state index in [0.717, 1.165) is 0 Å². The van der Waals surface area contributed by atoms with Gasteiger partial charge in [0.1, 0.15) is 22.9 Å². The molecule has 0 spiro atoms. The summed E-state index contributed by atoms with van der Waals surface area (Å²) in [6, 6.07) is 9.83. The van der Waals surface area contributed by atoms with Crippen LogP contribution in [0.15, 0.2) is 42.5 Å². The van der Waals surface area contributed by atoms with Gasteiger partial charge >= 0.3 is 0 Å². The highest BCUT2D eigenvalue weighted by molar-refractivity contribution is 5.99. The topological polar surface area (TPSA) is 69.6 Å². The molecule has 2 rings (SSSR count). The predicted octanol–water partition coefficient (Wildman–Crippen LogP) is 2.17. The number of benzene rings is 2. The summed E-state index contributed by atoms with van der Waals surface area (Å²) in [5.41, 5.74) is 0.391. The molecule has 0 fully saturated rings. The van der Waals surface area contributed by atoms with Crippen LogP contribution < -0.4 is 5.32 Å². The molecule has 0 bridgehead atoms. The number of carbonyl (C=O) groups excluding carboxylic acids is 1. The molecule has 2 aromatic rings. The van der Waals surface area contributed by atoms with Crippen LogP contribution in [0.4, 0.5) is 4.39 Å². The van der Waals surface area contributed by atoms with Gasteiger partial charge in [-0.1, -0.05) is 18.2 Å². The first-order valence-corrected chi connectivity index (χ1v) is 5.61. The zero-order valence-corrected chi connectivity index (χ0v) is 9.93. The highest BCUT2D eigenvalue weighted by Gasteiger charge is 2.15. The quantitative estimate of drug-likeness (QED) is 0.793. The van der Waals surface area contributed by atoms with Gasteiger partial charge in [0, 0.05) is 6.54 Å². The van der Waals surface area contributed by atoms with Crippen molar-refractivity contribution in [2.45, 2.75) is 6.54 Å². The van der Waals surface area contributed by atoms with Crippen molar-refractivity contribution in [2.24, 2.45) is 0 Å². The van der Waals surface area contributed by atoms with E-state index in [0.29, 0.717) is 5.56 Å². The van der Waals surface area contributed by atoms with Gasteiger partial charge in [-0.25, -0.2) is 4.39 Å². The molecule has 0 aliphatic rings. The van der Waals surface area contributed by atoms with Gasteiger partial charge in [0.15, 0.2) is 0 Å². The van der Waals surface area contributed by atoms with Crippen molar-refractivity contribution in [1.82, 2.24) is 5.32 Å². The van der Waals surface area contributed by atoms with Gasteiger partial charge in [0.25, 0.3) is 5.91 Å². The van der Waals surface area contributed by atoms with E-state index in [9.17, 15) is 19.4 Å². The fraction of sp³-hybridized carbons (Fsp3) is 0.0714. The SMILES string of the molecule is O=C(NCc1cccc(F)c1)c1c(O)cccc1O. The smallest absolute Gasteiger partial charge is 0.259 e. The van der Waals surface area contributed by atoms with Gasteiger partial charge in [0.05, 0.1) is 0 Å². The summed E-state index contributed by atoms with van der Waals surface area (Å²) in [7, 11) is 0. The number of halogens is 1. The Hall–Kier alpha value is -2.56. The maximum Gasteiger partial charge on any atom is 0.259 e. The minimum atomic E-state index is -0.625. The van der Waals surface area contributed by atoms with Crippen LogP contribution in [-0.2, 0) is 6.54 Å². The molecule has 0 aromatic heterocycles. The number of hydrogen-bond donors (Lipinski definition) is 3. The second kappa shape index (κ2) is 5.39. The Kier molecular flexibility index (Phi) is 3.66. The summed E-state index contributed by atoms with van der Waals surface area (Å²) < 4.78 is 13.0. The molecule has 4 nitrogen and oxygen atoms in total. The van der Waals surface area contributed by atoms with Crippen molar-refractivity contribution in [3.63, 3.8) is 0 Å². The molecule has 0 aliphatic heterocycles. The molecule has 0 saturated heterocycles. The second-order valence-electron chi connectivity index (χ2n) is 3.98. The molecule has 0 radical (unpaired) electrons. The van der Waals surface area contributed by atoms with E-state index in [1.165, 1.54) is 36.4 Å². The van der Waals surface area contributed by atoms with Crippen LogP contribution in [0.25, 0.3) is 0 Å². The van der Waals surface area contributed by atoms with Crippen molar-refractivity contribution in [3.05, 3.63) is 59.4 Å². The second-order valence-corrected chi connectivity index (χ2v) is 3.98. The minimum absolute atomic E-state index is 0.102. The fourth-order valence-electron chi connectivity index (χ4n) is 1.68. The Morgan fingerprint density at radius 1 is 1.11 bits per heavy atom. The summed E-state index contributed by atoms with van der Waals surface area (Å²) >= 11 is 0. The van der Waals surface area contributed by atoms with Crippen LogP contribution in [0.3, 0.4) is 0 Å². The summed E-state index contributed by atoms with van der Waals surface area (Å²) in [6.45, 7) is 0.102. The lowest BCUT2D eigenvalue weighted by molar-refractivity contribution is 0.0945. The first-order valence-electron chi connectivity index (χ1n) is 5.61. The maximum atomic E-state index is 13.0. The molecule has 19 heavy (non-hydrogen) atoms. The van der Waals surface area contributed by atoms with E-state index in [4.69, 9.17) is 0 Å². The fourth-order valence-corrected chi connectivity index (χ4v) is 1.68. The van der Waals surface area contributed by atoms with Gasteiger partial charge < -0.3 is 15.5 Å². The molecule has 5 heteroatoms. The molecule has 0 aliphatic carbocycles. The van der Waals surface area contributed by atoms with E-state index in [2.05, 4.69) is 5.32 Å². The summed E-state index contributed by atoms with van der Waals surface area (Å²) in [5, 5.41) is 21.5. The third-order valence-electron chi connectivity index (χ3n) is 2.59. The number of rotatable bonds is 3. The Morgan fingerprint density at radius 3 is 2.37 bits per heavy atom. The average Bonchev–Trinajstić information content (AvgIpc) is 2.36. The van der Waals surface area contributed by atoms with Crippen LogP contribution in [0.1, 0.15) is 15.9 Å². The molecule has 2 aromatic carbocycles. The molecule has 3 N–H and O–H groups in total. The minimum Gasteiger partial charge on any atom is -0.507 e. The number of carbonyl (C=O) groups is 1. The molecular formula is C14H12FNO3. The number of amides is 1. The third kappa shape index (κ3) is 3.01. The highest BCUT2D eigenvalue weighted by atomic mass is 19.1. The van der Waals surface area contributed by atoms with E-state index in [1.54, 1.807) is 6.07 Å². The van der Waals surface area contributed by atoms with Crippen molar-refractivity contribution < 1.29 is 19.4 Å². The summed E-state index contributed by atoms with van der Waals surface area (Å²) in [6.07, 6.45) is 0. The summed E-state index contributed by atoms with van der Waals surface area (Å²) in [5.74, 6) is -1.63. The molecule has 1 amide bonds. The van der Waals surface area contributed by atoms with Gasteiger partial charge in [-0.3, -0.25) is 4.79 Å². The van der Waals surface area contributed by atoms with Gasteiger partial charge in [0.2, 0.25) is 0 Å². The largest absolute Gasteiger partial charge is 0.507 e. The molecule has 0 saturated carbocycles. The van der Waals surface area contributed by atoms with Crippen molar-refractivity contribution in [2.75, 3.05) is 0 Å². The monoisotopic (exact) mass is 261 g/mol. The lowest BCUT2D eigenvalue weighted by atomic mass is 10.1. The van der Waals surface area contributed by atoms with Gasteiger partial charge in [-0.05, 0) is 29.8 Å². The Balaban J connectivity index is 2.10. The van der Waals surface area contributed by atoms with Crippen LogP contribution in [0, 0.1) is 5.82 Å². The van der Waals surface area contributed by atoms with Gasteiger partial charge in [-0.2, -0.15) is 0 Å². The lowest BCUT2D eigenvalue weighted by Crippen LogP contribution is -2.23. The number of hydrogen-bond acceptors (Lipinski definition) is 3. The standard InChI is InChI=1S/C14H12FNO3/c15-10-4-1-3-9(7-10)8-16-14(19)13-11(17)5-2-6-12(13)18/h1-7,17-18H,8H2,(H,16,19). The van der Waals surface area contributed by atoms with Crippen LogP contribution in [-0.4, -0.2) is 16.1 Å². The Labute approximate surface area is 109 Å². The van der Waals surface area contributed by atoms with Crippen LogP contribution >= 0.6 is 0 Å². The van der Waals surface area contributed by atoms with E-state index < -0.39 is 11.7 Å². The Morgan fingerprint density at radius 2 is 1.74 bits per heavy atom. The first kappa shape index (κ1) is 12.9. The number of nitrogens with one attached hydrogen (secondary N) is 1. The number of phenolic OH excluding ortho intramolecular Hbond substituents is 2. The number of aromatic hydroxyl groups is 2. The van der Waals surface area contributed by atoms with Crippen LogP contribution in [0.5, 0.6) is 11.5 Å². The normalized spacial score (nSPS) is 10.2. The van der Waals surface area contributed by atoms with Crippen molar-refractivity contribution in [1.29, 1.82) is 0 Å². The van der Waals surface area contributed by atoms with E-state index >= 15 is 0 Å². The van der Waals surface area contributed by atoms with Crippen LogP contribution in [0.2, 0.25) is 0 Å². The Bertz CT molecular complexity index is 593. The summed E-state index contributed by atoms with van der Waals surface area (Å²) in [4.78, 5) is 11.8. The third-order valence-corrected chi connectivity index (χ3v) is 2.59. The molecule has 0 unspecified atom stereocenters. The molecular weight excluding hydrogens is 249 g/mol. The zero-order valence-electron chi connectivity index (χ0n) is 9.93. The first-order chi connectivity index (χ1) is 9.08. The van der Waals surface area contributed by atoms with Crippen molar-refractivity contribution >= 4 is 5.91 Å². The lowest BCUT2D eigenvalue weighted by Gasteiger charge is -2.08. The zero-order chi connectivity index (χ0) is 13.8. The van der Waals surface area contributed by atoms with Crippen molar-refractivity contribution in [3.8, 4) is 11.5 Å².